The van der Waals surface area contributed by atoms with E-state index in [1.54, 1.807) is 6.20 Å². The highest BCUT2D eigenvalue weighted by Gasteiger charge is 2.23. The van der Waals surface area contributed by atoms with Crippen LogP contribution in [0.25, 0.3) is 0 Å². The maximum atomic E-state index is 12.5. The van der Waals surface area contributed by atoms with Crippen LogP contribution in [0.1, 0.15) is 29.8 Å². The lowest BCUT2D eigenvalue weighted by Gasteiger charge is -2.36. The van der Waals surface area contributed by atoms with E-state index in [9.17, 15) is 4.79 Å². The number of nitrogens with one attached hydrogen (secondary N) is 1. The number of nitrogens with zero attached hydrogens (tertiary/aromatic N) is 2. The van der Waals surface area contributed by atoms with Gasteiger partial charge in [-0.1, -0.05) is 12.1 Å². The highest BCUT2D eigenvalue weighted by atomic mass is 127. The van der Waals surface area contributed by atoms with Crippen molar-refractivity contribution in [2.24, 2.45) is 0 Å². The molecule has 1 aromatic carbocycles. The monoisotopic (exact) mass is 451 g/mol. The lowest BCUT2D eigenvalue weighted by atomic mass is 10.1. The Kier molecular flexibility index (Phi) is 5.58. The second-order valence-corrected chi connectivity index (χ2v) is 7.54. The van der Waals surface area contributed by atoms with Crippen molar-refractivity contribution < 1.29 is 9.53 Å². The average Bonchev–Trinajstić information content (AvgIpc) is 2.57. The number of hydrogen-bond donors (Lipinski definition) is 1. The number of hydrogen-bond acceptors (Lipinski definition) is 4. The largest absolute Gasteiger partial charge is 0.372 e. The fraction of sp³-hybridized carbons (Fsp3) is 0.368. The summed E-state index contributed by atoms with van der Waals surface area (Å²) in [5, 5.41) is 2.92. The molecule has 6 heteroatoms. The second kappa shape index (κ2) is 7.70. The third kappa shape index (κ3) is 4.30. The van der Waals surface area contributed by atoms with Crippen molar-refractivity contribution in [2.75, 3.05) is 23.3 Å². The summed E-state index contributed by atoms with van der Waals surface area (Å²) in [4.78, 5) is 19.2. The molecule has 1 aliphatic heterocycles. The van der Waals surface area contributed by atoms with Crippen LogP contribution in [0.3, 0.4) is 0 Å². The van der Waals surface area contributed by atoms with Gasteiger partial charge in [0.05, 0.1) is 29.7 Å². The summed E-state index contributed by atoms with van der Waals surface area (Å²) in [6, 6.07) is 9.57. The van der Waals surface area contributed by atoms with E-state index in [0.29, 0.717) is 11.3 Å². The Morgan fingerprint density at radius 3 is 2.60 bits per heavy atom. The lowest BCUT2D eigenvalue weighted by Crippen LogP contribution is -2.45. The third-order valence-electron chi connectivity index (χ3n) is 4.19. The average molecular weight is 451 g/mol. The lowest BCUT2D eigenvalue weighted by molar-refractivity contribution is -0.00545. The van der Waals surface area contributed by atoms with Gasteiger partial charge in [-0.15, -0.1) is 0 Å². The fourth-order valence-electron chi connectivity index (χ4n) is 3.03. The zero-order valence-corrected chi connectivity index (χ0v) is 16.8. The number of amides is 1. The minimum Gasteiger partial charge on any atom is -0.372 e. The summed E-state index contributed by atoms with van der Waals surface area (Å²) in [6.07, 6.45) is 2.09. The molecule has 1 amide bonds. The van der Waals surface area contributed by atoms with Crippen LogP contribution >= 0.6 is 22.6 Å². The number of carbonyl (C=O) groups is 1. The van der Waals surface area contributed by atoms with E-state index in [1.807, 2.05) is 37.3 Å². The SMILES string of the molecule is Cc1cccc(C(=O)Nc2ccc(N3CC(C)OC(C)C3)nc2)c1I. The van der Waals surface area contributed by atoms with Crippen LogP contribution in [0.4, 0.5) is 11.5 Å². The van der Waals surface area contributed by atoms with Crippen LogP contribution in [-0.2, 0) is 4.74 Å². The van der Waals surface area contributed by atoms with Crippen LogP contribution in [0, 0.1) is 10.5 Å². The third-order valence-corrected chi connectivity index (χ3v) is 5.62. The second-order valence-electron chi connectivity index (χ2n) is 6.46. The molecule has 2 aromatic rings. The van der Waals surface area contributed by atoms with Gasteiger partial charge in [0.1, 0.15) is 5.82 Å². The number of pyridine rings is 1. The Morgan fingerprint density at radius 1 is 1.24 bits per heavy atom. The first-order chi connectivity index (χ1) is 11.9. The van der Waals surface area contributed by atoms with Crippen molar-refractivity contribution in [3.63, 3.8) is 0 Å². The first-order valence-corrected chi connectivity index (χ1v) is 9.45. The number of aryl methyl sites for hydroxylation is 1. The molecule has 1 aromatic heterocycles. The van der Waals surface area contributed by atoms with Crippen LogP contribution < -0.4 is 10.2 Å². The molecule has 1 fully saturated rings. The Bertz CT molecular complexity index is 754. The van der Waals surface area contributed by atoms with Crippen LogP contribution in [-0.4, -0.2) is 36.2 Å². The number of carbonyl (C=O) groups excluding carboxylic acids is 1. The molecule has 132 valence electrons. The van der Waals surface area contributed by atoms with E-state index in [2.05, 4.69) is 51.6 Å². The van der Waals surface area contributed by atoms with E-state index in [-0.39, 0.29) is 18.1 Å². The summed E-state index contributed by atoms with van der Waals surface area (Å²) >= 11 is 2.21. The smallest absolute Gasteiger partial charge is 0.256 e. The Morgan fingerprint density at radius 2 is 1.96 bits per heavy atom. The molecule has 0 bridgehead atoms. The Balaban J connectivity index is 1.70. The number of morpholine rings is 1. The van der Waals surface area contributed by atoms with Crippen LogP contribution in [0.2, 0.25) is 0 Å². The van der Waals surface area contributed by atoms with Gasteiger partial charge in [-0.2, -0.15) is 0 Å². The number of halogens is 1. The molecule has 1 N–H and O–H groups in total. The molecule has 0 saturated carbocycles. The molecule has 1 saturated heterocycles. The van der Waals surface area contributed by atoms with Crippen molar-refractivity contribution in [1.29, 1.82) is 0 Å². The number of rotatable bonds is 3. The predicted molar refractivity (Wildman–Crippen MR) is 108 cm³/mol. The minimum absolute atomic E-state index is 0.115. The first kappa shape index (κ1) is 18.1. The van der Waals surface area contributed by atoms with Gasteiger partial charge in [0.15, 0.2) is 0 Å². The van der Waals surface area contributed by atoms with Gasteiger partial charge in [-0.25, -0.2) is 4.98 Å². The van der Waals surface area contributed by atoms with Crippen molar-refractivity contribution >= 4 is 40.0 Å². The first-order valence-electron chi connectivity index (χ1n) is 8.37. The molecule has 0 spiro atoms. The fourth-order valence-corrected chi connectivity index (χ4v) is 3.64. The quantitative estimate of drug-likeness (QED) is 0.721. The molecule has 0 aliphatic carbocycles. The molecule has 0 radical (unpaired) electrons. The van der Waals surface area contributed by atoms with Gasteiger partial charge in [0.2, 0.25) is 0 Å². The standard InChI is InChI=1S/C19H22IN3O2/c1-12-5-4-6-16(18(12)20)19(24)22-15-7-8-17(21-9-15)23-10-13(2)25-14(3)11-23/h4-9,13-14H,10-11H2,1-3H3,(H,22,24). The van der Waals surface area contributed by atoms with Gasteiger partial charge in [-0.3, -0.25) is 4.79 Å². The topological polar surface area (TPSA) is 54.5 Å². The molecular formula is C19H22IN3O2. The Labute approximate surface area is 161 Å². The molecule has 5 nitrogen and oxygen atoms in total. The number of benzene rings is 1. The summed E-state index contributed by atoms with van der Waals surface area (Å²) < 4.78 is 6.73. The summed E-state index contributed by atoms with van der Waals surface area (Å²) in [7, 11) is 0. The molecule has 25 heavy (non-hydrogen) atoms. The number of ether oxygens (including phenoxy) is 1. The van der Waals surface area contributed by atoms with Crippen molar-refractivity contribution in [3.8, 4) is 0 Å². The summed E-state index contributed by atoms with van der Waals surface area (Å²) in [5.41, 5.74) is 2.47. The maximum Gasteiger partial charge on any atom is 0.256 e. The van der Waals surface area contributed by atoms with E-state index in [1.165, 1.54) is 0 Å². The van der Waals surface area contributed by atoms with Gasteiger partial charge in [0.25, 0.3) is 5.91 Å². The van der Waals surface area contributed by atoms with E-state index < -0.39 is 0 Å². The summed E-state index contributed by atoms with van der Waals surface area (Å²) in [5.74, 6) is 0.793. The zero-order valence-electron chi connectivity index (χ0n) is 14.6. The molecule has 3 rings (SSSR count). The molecule has 1 aliphatic rings. The molecule has 2 heterocycles. The van der Waals surface area contributed by atoms with E-state index >= 15 is 0 Å². The highest BCUT2D eigenvalue weighted by Crippen LogP contribution is 2.21. The highest BCUT2D eigenvalue weighted by molar-refractivity contribution is 14.1. The summed E-state index contributed by atoms with van der Waals surface area (Å²) in [6.45, 7) is 7.79. The zero-order chi connectivity index (χ0) is 18.0. The molecule has 2 unspecified atom stereocenters. The Hall–Kier alpha value is -1.67. The predicted octanol–water partition coefficient (Wildman–Crippen LogP) is 3.86. The maximum absolute atomic E-state index is 12.5. The van der Waals surface area contributed by atoms with E-state index in [4.69, 9.17) is 4.74 Å². The van der Waals surface area contributed by atoms with E-state index in [0.717, 1.165) is 28.0 Å². The van der Waals surface area contributed by atoms with Crippen molar-refractivity contribution in [1.82, 2.24) is 4.98 Å². The number of anilines is 2. The van der Waals surface area contributed by atoms with Crippen LogP contribution in [0.5, 0.6) is 0 Å². The van der Waals surface area contributed by atoms with Crippen molar-refractivity contribution in [2.45, 2.75) is 33.0 Å². The van der Waals surface area contributed by atoms with Crippen molar-refractivity contribution in [3.05, 3.63) is 51.2 Å². The number of aromatic nitrogens is 1. The van der Waals surface area contributed by atoms with Gasteiger partial charge >= 0.3 is 0 Å². The normalized spacial score (nSPS) is 20.4. The minimum atomic E-state index is -0.115. The van der Waals surface area contributed by atoms with Gasteiger partial charge in [-0.05, 0) is 67.1 Å². The van der Waals surface area contributed by atoms with Gasteiger partial charge in [0, 0.05) is 16.7 Å². The van der Waals surface area contributed by atoms with Gasteiger partial charge < -0.3 is 15.0 Å². The van der Waals surface area contributed by atoms with Crippen LogP contribution in [0.15, 0.2) is 36.5 Å². The molecule has 2 atom stereocenters. The molecular weight excluding hydrogens is 429 g/mol.